The van der Waals surface area contributed by atoms with Gasteiger partial charge in [-0.15, -0.1) is 0 Å². The van der Waals surface area contributed by atoms with Crippen LogP contribution in [0, 0.1) is 0 Å². The van der Waals surface area contributed by atoms with Crippen molar-refractivity contribution in [1.29, 1.82) is 0 Å². The molecule has 0 saturated carbocycles. The molecule has 0 unspecified atom stereocenters. The molecule has 1 N–H and O–H groups in total. The van der Waals surface area contributed by atoms with Crippen molar-refractivity contribution in [2.24, 2.45) is 0 Å². The molecule has 0 spiro atoms. The molecule has 1 heterocycles. The zero-order valence-electron chi connectivity index (χ0n) is 7.97. The minimum atomic E-state index is 0.787. The van der Waals surface area contributed by atoms with E-state index in [4.69, 9.17) is 4.74 Å². The predicted molar refractivity (Wildman–Crippen MR) is 52.6 cm³/mol. The molecule has 0 bridgehead atoms. The van der Waals surface area contributed by atoms with Gasteiger partial charge in [0.05, 0.1) is 13.2 Å². The monoisotopic (exact) mass is 177 g/mol. The number of ether oxygens (including phenoxy) is 1. The van der Waals surface area contributed by atoms with E-state index in [2.05, 4.69) is 23.5 Å². The summed E-state index contributed by atoms with van der Waals surface area (Å²) in [6.45, 7) is 2.61. The Kier molecular flexibility index (Phi) is 2.62. The molecule has 0 aromatic heterocycles. The van der Waals surface area contributed by atoms with E-state index < -0.39 is 0 Å². The molecule has 13 heavy (non-hydrogen) atoms. The molecule has 1 aliphatic rings. The van der Waals surface area contributed by atoms with E-state index in [1.807, 2.05) is 7.05 Å². The van der Waals surface area contributed by atoms with Crippen molar-refractivity contribution in [2.75, 3.05) is 13.7 Å². The van der Waals surface area contributed by atoms with Gasteiger partial charge < -0.3 is 10.1 Å². The van der Waals surface area contributed by atoms with Crippen molar-refractivity contribution in [2.45, 2.75) is 19.6 Å². The Hall–Kier alpha value is -0.860. The minimum absolute atomic E-state index is 0.787. The van der Waals surface area contributed by atoms with E-state index in [-0.39, 0.29) is 0 Å². The molecule has 0 amide bonds. The second-order valence-electron chi connectivity index (χ2n) is 3.44. The molecular weight excluding hydrogens is 162 g/mol. The lowest BCUT2D eigenvalue weighted by atomic mass is 10.0. The fraction of sp³-hybridized carbons (Fsp3) is 0.455. The van der Waals surface area contributed by atoms with Crippen molar-refractivity contribution >= 4 is 0 Å². The zero-order valence-corrected chi connectivity index (χ0v) is 7.97. The Labute approximate surface area is 78.9 Å². The number of hydrogen-bond donors (Lipinski definition) is 1. The molecule has 2 rings (SSSR count). The van der Waals surface area contributed by atoms with E-state index in [9.17, 15) is 0 Å². The van der Waals surface area contributed by atoms with Crippen molar-refractivity contribution in [3.63, 3.8) is 0 Å². The molecular formula is C11H15NO. The number of hydrogen-bond acceptors (Lipinski definition) is 2. The summed E-state index contributed by atoms with van der Waals surface area (Å²) in [5.41, 5.74) is 4.17. The standard InChI is InChI=1S/C11H15NO/c1-12-7-9-2-3-11-8-13-5-4-10(11)6-9/h2-3,6,12H,4-5,7-8H2,1H3. The molecule has 1 aliphatic heterocycles. The second kappa shape index (κ2) is 3.90. The smallest absolute Gasteiger partial charge is 0.0719 e. The summed E-state index contributed by atoms with van der Waals surface area (Å²) < 4.78 is 5.38. The highest BCUT2D eigenvalue weighted by atomic mass is 16.5. The number of rotatable bonds is 2. The first-order chi connectivity index (χ1) is 6.40. The van der Waals surface area contributed by atoms with Crippen LogP contribution in [0.15, 0.2) is 18.2 Å². The van der Waals surface area contributed by atoms with Crippen LogP contribution in [0.1, 0.15) is 16.7 Å². The van der Waals surface area contributed by atoms with Gasteiger partial charge in [-0.05, 0) is 30.2 Å². The quantitative estimate of drug-likeness (QED) is 0.738. The SMILES string of the molecule is CNCc1ccc2c(c1)CCOC2. The topological polar surface area (TPSA) is 21.3 Å². The minimum Gasteiger partial charge on any atom is -0.376 e. The fourth-order valence-corrected chi connectivity index (χ4v) is 1.73. The van der Waals surface area contributed by atoms with Crippen LogP contribution in [0.2, 0.25) is 0 Å². The summed E-state index contributed by atoms with van der Waals surface area (Å²) in [5, 5.41) is 3.16. The van der Waals surface area contributed by atoms with Gasteiger partial charge in [0.1, 0.15) is 0 Å². The predicted octanol–water partition coefficient (Wildman–Crippen LogP) is 1.48. The maximum Gasteiger partial charge on any atom is 0.0719 e. The van der Waals surface area contributed by atoms with Crippen LogP contribution in [-0.4, -0.2) is 13.7 Å². The maximum atomic E-state index is 5.38. The lowest BCUT2D eigenvalue weighted by Crippen LogP contribution is -2.11. The van der Waals surface area contributed by atoms with Crippen LogP contribution in [0.25, 0.3) is 0 Å². The van der Waals surface area contributed by atoms with Gasteiger partial charge in [0, 0.05) is 6.54 Å². The van der Waals surface area contributed by atoms with Gasteiger partial charge in [0.25, 0.3) is 0 Å². The van der Waals surface area contributed by atoms with Gasteiger partial charge in [-0.25, -0.2) is 0 Å². The highest BCUT2D eigenvalue weighted by Gasteiger charge is 2.08. The van der Waals surface area contributed by atoms with Crippen molar-refractivity contribution in [3.05, 3.63) is 34.9 Å². The molecule has 0 aliphatic carbocycles. The van der Waals surface area contributed by atoms with Gasteiger partial charge in [-0.3, -0.25) is 0 Å². The summed E-state index contributed by atoms with van der Waals surface area (Å²) in [5.74, 6) is 0. The molecule has 2 heteroatoms. The van der Waals surface area contributed by atoms with Crippen LogP contribution in [0.5, 0.6) is 0 Å². The second-order valence-corrected chi connectivity index (χ2v) is 3.44. The Bertz CT molecular complexity index is 296. The van der Waals surface area contributed by atoms with Gasteiger partial charge in [-0.1, -0.05) is 18.2 Å². The van der Waals surface area contributed by atoms with Crippen LogP contribution in [-0.2, 0) is 24.3 Å². The third kappa shape index (κ3) is 1.90. The first kappa shape index (κ1) is 8.73. The molecule has 70 valence electrons. The molecule has 1 aromatic rings. The van der Waals surface area contributed by atoms with E-state index in [0.29, 0.717) is 0 Å². The third-order valence-corrected chi connectivity index (χ3v) is 2.42. The van der Waals surface area contributed by atoms with Gasteiger partial charge >= 0.3 is 0 Å². The van der Waals surface area contributed by atoms with Gasteiger partial charge in [0.2, 0.25) is 0 Å². The van der Waals surface area contributed by atoms with E-state index >= 15 is 0 Å². The zero-order chi connectivity index (χ0) is 9.10. The number of fused-ring (bicyclic) bond motifs is 1. The van der Waals surface area contributed by atoms with Gasteiger partial charge in [-0.2, -0.15) is 0 Å². The van der Waals surface area contributed by atoms with Crippen LogP contribution < -0.4 is 5.32 Å². The highest BCUT2D eigenvalue weighted by Crippen LogP contribution is 2.18. The molecule has 0 fully saturated rings. The summed E-state index contributed by atoms with van der Waals surface area (Å²) in [7, 11) is 1.97. The van der Waals surface area contributed by atoms with E-state index in [1.165, 1.54) is 16.7 Å². The van der Waals surface area contributed by atoms with Gasteiger partial charge in [0.15, 0.2) is 0 Å². The van der Waals surface area contributed by atoms with Crippen LogP contribution in [0.4, 0.5) is 0 Å². The Morgan fingerprint density at radius 1 is 1.38 bits per heavy atom. The molecule has 0 radical (unpaired) electrons. The van der Waals surface area contributed by atoms with E-state index in [0.717, 1.165) is 26.2 Å². The Morgan fingerprint density at radius 3 is 3.15 bits per heavy atom. The van der Waals surface area contributed by atoms with Crippen LogP contribution in [0.3, 0.4) is 0 Å². The lowest BCUT2D eigenvalue weighted by Gasteiger charge is -2.17. The summed E-state index contributed by atoms with van der Waals surface area (Å²) >= 11 is 0. The average molecular weight is 177 g/mol. The molecule has 0 atom stereocenters. The highest BCUT2D eigenvalue weighted by molar-refractivity contribution is 5.32. The summed E-state index contributed by atoms with van der Waals surface area (Å²) in [6.07, 6.45) is 1.06. The normalized spacial score (nSPS) is 15.5. The third-order valence-electron chi connectivity index (χ3n) is 2.42. The van der Waals surface area contributed by atoms with Crippen molar-refractivity contribution in [1.82, 2.24) is 5.32 Å². The number of benzene rings is 1. The first-order valence-electron chi connectivity index (χ1n) is 4.73. The lowest BCUT2D eigenvalue weighted by molar-refractivity contribution is 0.110. The summed E-state index contributed by atoms with van der Waals surface area (Å²) in [6, 6.07) is 6.64. The Balaban J connectivity index is 2.24. The largest absolute Gasteiger partial charge is 0.376 e. The number of nitrogens with one attached hydrogen (secondary N) is 1. The Morgan fingerprint density at radius 2 is 2.31 bits per heavy atom. The van der Waals surface area contributed by atoms with Crippen molar-refractivity contribution < 1.29 is 4.74 Å². The van der Waals surface area contributed by atoms with Crippen molar-refractivity contribution in [3.8, 4) is 0 Å². The van der Waals surface area contributed by atoms with E-state index in [1.54, 1.807) is 0 Å². The first-order valence-corrected chi connectivity index (χ1v) is 4.73. The summed E-state index contributed by atoms with van der Waals surface area (Å²) in [4.78, 5) is 0. The fourth-order valence-electron chi connectivity index (χ4n) is 1.73. The molecule has 1 aromatic carbocycles. The maximum absolute atomic E-state index is 5.38. The van der Waals surface area contributed by atoms with Crippen LogP contribution >= 0.6 is 0 Å². The molecule has 0 saturated heterocycles. The average Bonchev–Trinajstić information content (AvgIpc) is 2.18. The molecule has 2 nitrogen and oxygen atoms in total.